The highest BCUT2D eigenvalue weighted by atomic mass is 16.1. The zero-order chi connectivity index (χ0) is 13.2. The summed E-state index contributed by atoms with van der Waals surface area (Å²) < 4.78 is 0. The van der Waals surface area contributed by atoms with Crippen LogP contribution in [0.2, 0.25) is 0 Å². The van der Waals surface area contributed by atoms with Crippen LogP contribution in [0.15, 0.2) is 24.3 Å². The van der Waals surface area contributed by atoms with Crippen LogP contribution in [0.1, 0.15) is 49.9 Å². The van der Waals surface area contributed by atoms with Gasteiger partial charge in [-0.05, 0) is 42.9 Å². The van der Waals surface area contributed by atoms with Crippen molar-refractivity contribution in [1.82, 2.24) is 5.32 Å². The molecule has 1 amide bonds. The van der Waals surface area contributed by atoms with Crippen molar-refractivity contribution >= 4 is 11.6 Å². The summed E-state index contributed by atoms with van der Waals surface area (Å²) in [5, 5.41) is 3.12. The number of hydrogen-bond acceptors (Lipinski definition) is 2. The molecule has 1 aromatic carbocycles. The summed E-state index contributed by atoms with van der Waals surface area (Å²) in [7, 11) is 0. The number of benzene rings is 1. The van der Waals surface area contributed by atoms with Crippen molar-refractivity contribution in [2.75, 3.05) is 5.73 Å². The van der Waals surface area contributed by atoms with Gasteiger partial charge >= 0.3 is 0 Å². The number of carbonyl (C=O) groups excluding carboxylic acids is 1. The maximum Gasteiger partial charge on any atom is 0.251 e. The molecule has 18 heavy (non-hydrogen) atoms. The second-order valence-corrected chi connectivity index (χ2v) is 6.06. The molecular formula is C15H22N2O. The number of carbonyl (C=O) groups is 1. The van der Waals surface area contributed by atoms with Crippen molar-refractivity contribution in [2.24, 2.45) is 5.41 Å². The first-order valence-corrected chi connectivity index (χ1v) is 6.63. The standard InChI is InChI=1S/C15H22N2O/c1-15(2)8-4-7-13(10-15)17-14(18)11-5-3-6-12(16)9-11/h3,5-6,9,13H,4,7-8,10,16H2,1-2H3,(H,17,18). The van der Waals surface area contributed by atoms with E-state index in [1.807, 2.05) is 6.07 Å². The van der Waals surface area contributed by atoms with Crippen molar-refractivity contribution in [3.05, 3.63) is 29.8 Å². The van der Waals surface area contributed by atoms with E-state index in [0.29, 0.717) is 22.7 Å². The molecule has 1 atom stereocenters. The maximum atomic E-state index is 12.1. The topological polar surface area (TPSA) is 55.1 Å². The molecule has 1 unspecified atom stereocenters. The Hall–Kier alpha value is -1.51. The van der Waals surface area contributed by atoms with Crippen LogP contribution < -0.4 is 11.1 Å². The summed E-state index contributed by atoms with van der Waals surface area (Å²) in [5.74, 6) is -0.00926. The smallest absolute Gasteiger partial charge is 0.251 e. The minimum Gasteiger partial charge on any atom is -0.399 e. The summed E-state index contributed by atoms with van der Waals surface area (Å²) in [5.41, 5.74) is 7.31. The Bertz CT molecular complexity index is 440. The summed E-state index contributed by atoms with van der Waals surface area (Å²) in [6.45, 7) is 4.54. The van der Waals surface area contributed by atoms with Gasteiger partial charge in [-0.3, -0.25) is 4.79 Å². The van der Waals surface area contributed by atoms with E-state index in [4.69, 9.17) is 5.73 Å². The maximum absolute atomic E-state index is 12.1. The van der Waals surface area contributed by atoms with E-state index in [9.17, 15) is 4.79 Å². The van der Waals surface area contributed by atoms with Crippen LogP contribution in [-0.4, -0.2) is 11.9 Å². The fourth-order valence-electron chi connectivity index (χ4n) is 2.77. The number of hydrogen-bond donors (Lipinski definition) is 2. The Kier molecular flexibility index (Phi) is 3.60. The Morgan fingerprint density at radius 2 is 2.22 bits per heavy atom. The second-order valence-electron chi connectivity index (χ2n) is 6.06. The predicted molar refractivity (Wildman–Crippen MR) is 74.4 cm³/mol. The quantitative estimate of drug-likeness (QED) is 0.788. The van der Waals surface area contributed by atoms with Crippen molar-refractivity contribution in [3.63, 3.8) is 0 Å². The van der Waals surface area contributed by atoms with Crippen LogP contribution in [0.4, 0.5) is 5.69 Å². The van der Waals surface area contributed by atoms with Crippen LogP contribution in [-0.2, 0) is 0 Å². The van der Waals surface area contributed by atoms with Gasteiger partial charge in [0.05, 0.1) is 0 Å². The summed E-state index contributed by atoms with van der Waals surface area (Å²) >= 11 is 0. The van der Waals surface area contributed by atoms with Gasteiger partial charge in [-0.1, -0.05) is 26.3 Å². The van der Waals surface area contributed by atoms with E-state index >= 15 is 0 Å². The average Bonchev–Trinajstić information content (AvgIpc) is 2.27. The van der Waals surface area contributed by atoms with Gasteiger partial charge in [-0.2, -0.15) is 0 Å². The number of rotatable bonds is 2. The highest BCUT2D eigenvalue weighted by Crippen LogP contribution is 2.35. The Balaban J connectivity index is 1.99. The average molecular weight is 246 g/mol. The van der Waals surface area contributed by atoms with E-state index in [1.54, 1.807) is 18.2 Å². The van der Waals surface area contributed by atoms with Gasteiger partial charge in [0, 0.05) is 17.3 Å². The van der Waals surface area contributed by atoms with Crippen LogP contribution in [0.25, 0.3) is 0 Å². The number of anilines is 1. The number of nitrogen functional groups attached to an aromatic ring is 1. The Morgan fingerprint density at radius 1 is 1.44 bits per heavy atom. The van der Waals surface area contributed by atoms with Crippen molar-refractivity contribution < 1.29 is 4.79 Å². The molecule has 1 aliphatic carbocycles. The van der Waals surface area contributed by atoms with Crippen molar-refractivity contribution in [2.45, 2.75) is 45.6 Å². The monoisotopic (exact) mass is 246 g/mol. The fraction of sp³-hybridized carbons (Fsp3) is 0.533. The Morgan fingerprint density at radius 3 is 2.89 bits per heavy atom. The first-order chi connectivity index (χ1) is 8.46. The van der Waals surface area contributed by atoms with Crippen LogP contribution in [0.3, 0.4) is 0 Å². The van der Waals surface area contributed by atoms with E-state index in [0.717, 1.165) is 12.8 Å². The van der Waals surface area contributed by atoms with Gasteiger partial charge in [-0.15, -0.1) is 0 Å². The van der Waals surface area contributed by atoms with Crippen LogP contribution in [0, 0.1) is 5.41 Å². The number of amides is 1. The van der Waals surface area contributed by atoms with Gasteiger partial charge in [0.1, 0.15) is 0 Å². The minimum absolute atomic E-state index is 0.00926. The predicted octanol–water partition coefficient (Wildman–Crippen LogP) is 2.97. The van der Waals surface area contributed by atoms with Crippen molar-refractivity contribution in [3.8, 4) is 0 Å². The molecule has 0 aromatic heterocycles. The number of nitrogens with two attached hydrogens (primary N) is 1. The lowest BCUT2D eigenvalue weighted by molar-refractivity contribution is 0.0902. The third kappa shape index (κ3) is 3.25. The fourth-order valence-corrected chi connectivity index (χ4v) is 2.77. The van der Waals surface area contributed by atoms with E-state index in [-0.39, 0.29) is 5.91 Å². The van der Waals surface area contributed by atoms with E-state index < -0.39 is 0 Å². The first kappa shape index (κ1) is 12.9. The molecule has 3 nitrogen and oxygen atoms in total. The number of nitrogens with one attached hydrogen (secondary N) is 1. The molecular weight excluding hydrogens is 224 g/mol. The summed E-state index contributed by atoms with van der Waals surface area (Å²) in [6, 6.07) is 7.43. The van der Waals surface area contributed by atoms with E-state index in [2.05, 4.69) is 19.2 Å². The molecule has 98 valence electrons. The molecule has 1 aromatic rings. The van der Waals surface area contributed by atoms with Gasteiger partial charge in [0.25, 0.3) is 5.91 Å². The summed E-state index contributed by atoms with van der Waals surface area (Å²) in [4.78, 5) is 12.1. The molecule has 0 spiro atoms. The SMILES string of the molecule is CC1(C)CCCC(NC(=O)c2cccc(N)c2)C1. The molecule has 0 heterocycles. The lowest BCUT2D eigenvalue weighted by Crippen LogP contribution is -2.40. The highest BCUT2D eigenvalue weighted by Gasteiger charge is 2.28. The minimum atomic E-state index is -0.00926. The third-order valence-electron chi connectivity index (χ3n) is 3.69. The molecule has 0 saturated heterocycles. The van der Waals surface area contributed by atoms with E-state index in [1.165, 1.54) is 12.8 Å². The molecule has 2 rings (SSSR count). The van der Waals surface area contributed by atoms with Gasteiger partial charge in [-0.25, -0.2) is 0 Å². The molecule has 0 aliphatic heterocycles. The van der Waals surface area contributed by atoms with Gasteiger partial charge < -0.3 is 11.1 Å². The molecule has 1 aliphatic rings. The molecule has 1 fully saturated rings. The zero-order valence-electron chi connectivity index (χ0n) is 11.2. The highest BCUT2D eigenvalue weighted by molar-refractivity contribution is 5.95. The zero-order valence-corrected chi connectivity index (χ0v) is 11.2. The van der Waals surface area contributed by atoms with Gasteiger partial charge in [0.2, 0.25) is 0 Å². The summed E-state index contributed by atoms with van der Waals surface area (Å²) in [6.07, 6.45) is 4.57. The van der Waals surface area contributed by atoms with Crippen LogP contribution in [0.5, 0.6) is 0 Å². The lowest BCUT2D eigenvalue weighted by Gasteiger charge is -2.35. The van der Waals surface area contributed by atoms with Crippen LogP contribution >= 0.6 is 0 Å². The lowest BCUT2D eigenvalue weighted by atomic mass is 9.75. The molecule has 0 radical (unpaired) electrons. The largest absolute Gasteiger partial charge is 0.399 e. The molecule has 3 N–H and O–H groups in total. The first-order valence-electron chi connectivity index (χ1n) is 6.63. The third-order valence-corrected chi connectivity index (χ3v) is 3.69. The van der Waals surface area contributed by atoms with Gasteiger partial charge in [0.15, 0.2) is 0 Å². The Labute approximate surface area is 109 Å². The second kappa shape index (κ2) is 5.01. The normalized spacial score (nSPS) is 22.4. The molecule has 3 heteroatoms. The molecule has 1 saturated carbocycles. The molecule has 0 bridgehead atoms. The van der Waals surface area contributed by atoms with Crippen molar-refractivity contribution in [1.29, 1.82) is 0 Å².